The molecule has 0 heterocycles. The molecule has 0 atom stereocenters. The molecule has 0 unspecified atom stereocenters. The van der Waals surface area contributed by atoms with Crippen LogP contribution in [0.3, 0.4) is 0 Å². The molecule has 0 aliphatic heterocycles. The average Bonchev–Trinajstić information content (AvgIpc) is 2.64. The highest BCUT2D eigenvalue weighted by atomic mass is 79.9. The van der Waals surface area contributed by atoms with Gasteiger partial charge in [-0.05, 0) is 66.9 Å². The molecule has 0 N–H and O–H groups in total. The number of aliphatic imine (C=N–C) groups is 1. The van der Waals surface area contributed by atoms with E-state index in [1.165, 1.54) is 29.5 Å². The van der Waals surface area contributed by atoms with Gasteiger partial charge in [0, 0.05) is 14.9 Å². The average molecular weight is 426 g/mol. The van der Waals surface area contributed by atoms with Gasteiger partial charge in [0.2, 0.25) is 0 Å². The lowest BCUT2D eigenvalue weighted by atomic mass is 10.1. The Labute approximate surface area is 165 Å². The molecule has 3 rings (SSSR count). The molecule has 1 nitrogen and oxygen atoms in total. The topological polar surface area (TPSA) is 12.4 Å². The van der Waals surface area contributed by atoms with E-state index in [2.05, 4.69) is 22.9 Å². The van der Waals surface area contributed by atoms with Gasteiger partial charge in [-0.3, -0.25) is 0 Å². The summed E-state index contributed by atoms with van der Waals surface area (Å²) < 4.78 is 14.0. The Bertz CT molecular complexity index is 931. The van der Waals surface area contributed by atoms with Crippen molar-refractivity contribution in [2.24, 2.45) is 4.99 Å². The van der Waals surface area contributed by atoms with E-state index in [-0.39, 0.29) is 5.82 Å². The Morgan fingerprint density at radius 2 is 1.73 bits per heavy atom. The van der Waals surface area contributed by atoms with Crippen LogP contribution in [0.4, 0.5) is 10.1 Å². The Kier molecular flexibility index (Phi) is 6.42. The molecule has 0 radical (unpaired) electrons. The molecule has 0 bridgehead atoms. The van der Waals surface area contributed by atoms with Crippen molar-refractivity contribution in [1.82, 2.24) is 0 Å². The number of hydrogen-bond acceptors (Lipinski definition) is 2. The lowest BCUT2D eigenvalue weighted by Gasteiger charge is -2.04. The van der Waals surface area contributed by atoms with Crippen LogP contribution in [0.2, 0.25) is 0 Å². The number of nitrogens with zero attached hydrogens (tertiary/aromatic N) is 1. The van der Waals surface area contributed by atoms with Crippen molar-refractivity contribution in [3.05, 3.63) is 106 Å². The van der Waals surface area contributed by atoms with E-state index in [4.69, 9.17) is 4.99 Å². The summed E-state index contributed by atoms with van der Waals surface area (Å²) in [6.07, 6.45) is 1.98. The Hall–Kier alpha value is -2.17. The number of benzene rings is 3. The summed E-state index contributed by atoms with van der Waals surface area (Å²) in [6, 6.07) is 22.6. The third-order valence-corrected chi connectivity index (χ3v) is 4.96. The molecule has 0 aliphatic rings. The Morgan fingerprint density at radius 3 is 2.42 bits per heavy atom. The highest BCUT2D eigenvalue weighted by Crippen LogP contribution is 2.22. The predicted octanol–water partition coefficient (Wildman–Crippen LogP) is 7.32. The number of thioether (sulfide) groups is 1. The fraction of sp³-hybridized carbons (Fsp3) is 0.0455. The summed E-state index contributed by atoms with van der Waals surface area (Å²) in [6.45, 7) is 2.06. The summed E-state index contributed by atoms with van der Waals surface area (Å²) in [5, 5.41) is 1.97. The normalized spacial score (nSPS) is 11.9. The first-order valence-corrected chi connectivity index (χ1v) is 9.77. The van der Waals surface area contributed by atoms with Gasteiger partial charge in [0.15, 0.2) is 0 Å². The maximum atomic E-state index is 13.0. The van der Waals surface area contributed by atoms with E-state index < -0.39 is 0 Å². The van der Waals surface area contributed by atoms with Crippen LogP contribution in [0.15, 0.2) is 98.6 Å². The second-order valence-corrected chi connectivity index (χ2v) is 7.61. The van der Waals surface area contributed by atoms with Crippen molar-refractivity contribution in [2.45, 2.75) is 11.8 Å². The monoisotopic (exact) mass is 425 g/mol. The van der Waals surface area contributed by atoms with Gasteiger partial charge in [-0.15, -0.1) is 0 Å². The van der Waals surface area contributed by atoms with E-state index in [0.717, 1.165) is 26.3 Å². The predicted molar refractivity (Wildman–Crippen MR) is 113 cm³/mol. The van der Waals surface area contributed by atoms with Crippen LogP contribution < -0.4 is 0 Å². The zero-order valence-electron chi connectivity index (χ0n) is 14.2. The van der Waals surface area contributed by atoms with Gasteiger partial charge in [-0.1, -0.05) is 57.5 Å². The number of allylic oxidation sites excluding steroid dienone is 1. The second-order valence-electron chi connectivity index (χ2n) is 5.72. The maximum Gasteiger partial charge on any atom is 0.123 e. The van der Waals surface area contributed by atoms with Crippen LogP contribution in [0.25, 0.3) is 0 Å². The summed E-state index contributed by atoms with van der Waals surface area (Å²) in [7, 11) is 0. The number of aryl methyl sites for hydroxylation is 1. The molecule has 130 valence electrons. The molecule has 0 fully saturated rings. The lowest BCUT2D eigenvalue weighted by molar-refractivity contribution is 0.626. The van der Waals surface area contributed by atoms with Gasteiger partial charge in [0.05, 0.1) is 11.4 Å². The van der Waals surface area contributed by atoms with Crippen LogP contribution >= 0.6 is 27.7 Å². The van der Waals surface area contributed by atoms with Crippen molar-refractivity contribution in [2.75, 3.05) is 0 Å². The third-order valence-electron chi connectivity index (χ3n) is 3.65. The van der Waals surface area contributed by atoms with Gasteiger partial charge in [0.1, 0.15) is 5.82 Å². The van der Waals surface area contributed by atoms with Crippen LogP contribution in [0, 0.1) is 12.7 Å². The quantitative estimate of drug-likeness (QED) is 0.308. The van der Waals surface area contributed by atoms with Gasteiger partial charge in [-0.25, -0.2) is 9.38 Å². The fourth-order valence-corrected chi connectivity index (χ4v) is 3.34. The Morgan fingerprint density at radius 1 is 1.00 bits per heavy atom. The van der Waals surface area contributed by atoms with E-state index in [1.807, 2.05) is 60.0 Å². The van der Waals surface area contributed by atoms with Crippen molar-refractivity contribution in [1.29, 1.82) is 0 Å². The van der Waals surface area contributed by atoms with Gasteiger partial charge >= 0.3 is 0 Å². The highest BCUT2D eigenvalue weighted by molar-refractivity contribution is 9.10. The molecule has 0 saturated heterocycles. The molecule has 0 saturated carbocycles. The standard InChI is InChI=1S/C22H17BrFNS/c1-16-5-9-20(10-6-16)25-22(17-3-2-4-18(23)15-17)13-14-26-21-11-7-19(24)8-12-21/h2-15H,1H3. The van der Waals surface area contributed by atoms with Gasteiger partial charge in [0.25, 0.3) is 0 Å². The maximum absolute atomic E-state index is 13.0. The zero-order chi connectivity index (χ0) is 18.4. The molecule has 0 spiro atoms. The molecule has 3 aromatic carbocycles. The first kappa shape index (κ1) is 18.6. The van der Waals surface area contributed by atoms with Crippen molar-refractivity contribution < 1.29 is 4.39 Å². The van der Waals surface area contributed by atoms with E-state index in [1.54, 1.807) is 12.1 Å². The molecule has 0 aliphatic carbocycles. The van der Waals surface area contributed by atoms with E-state index in [0.29, 0.717) is 0 Å². The summed E-state index contributed by atoms with van der Waals surface area (Å²) >= 11 is 5.05. The molecular formula is C22H17BrFNS. The van der Waals surface area contributed by atoms with Gasteiger partial charge in [-0.2, -0.15) is 0 Å². The first-order valence-electron chi connectivity index (χ1n) is 8.10. The summed E-state index contributed by atoms with van der Waals surface area (Å²) in [5.74, 6) is -0.228. The minimum Gasteiger partial charge on any atom is -0.248 e. The van der Waals surface area contributed by atoms with Crippen LogP contribution in [0.5, 0.6) is 0 Å². The summed E-state index contributed by atoms with van der Waals surface area (Å²) in [4.78, 5) is 5.77. The molecule has 4 heteroatoms. The highest BCUT2D eigenvalue weighted by Gasteiger charge is 2.02. The minimum absolute atomic E-state index is 0.228. The fourth-order valence-electron chi connectivity index (χ4n) is 2.29. The minimum atomic E-state index is -0.228. The zero-order valence-corrected chi connectivity index (χ0v) is 16.6. The first-order chi connectivity index (χ1) is 12.6. The SMILES string of the molecule is Cc1ccc(N=C(C=CSc2ccc(F)cc2)c2cccc(Br)c2)cc1. The molecule has 3 aromatic rings. The molecule has 0 aromatic heterocycles. The molecule has 0 amide bonds. The largest absolute Gasteiger partial charge is 0.248 e. The van der Waals surface area contributed by atoms with Gasteiger partial charge < -0.3 is 0 Å². The van der Waals surface area contributed by atoms with Crippen LogP contribution in [-0.4, -0.2) is 5.71 Å². The molecule has 26 heavy (non-hydrogen) atoms. The van der Waals surface area contributed by atoms with Crippen molar-refractivity contribution >= 4 is 39.1 Å². The van der Waals surface area contributed by atoms with Crippen molar-refractivity contribution in [3.63, 3.8) is 0 Å². The third kappa shape index (κ3) is 5.41. The second kappa shape index (κ2) is 8.97. The lowest BCUT2D eigenvalue weighted by Crippen LogP contribution is -1.96. The Balaban J connectivity index is 1.88. The van der Waals surface area contributed by atoms with Crippen molar-refractivity contribution in [3.8, 4) is 0 Å². The number of halogens is 2. The number of hydrogen-bond donors (Lipinski definition) is 0. The van der Waals surface area contributed by atoms with Crippen LogP contribution in [-0.2, 0) is 0 Å². The van der Waals surface area contributed by atoms with E-state index in [9.17, 15) is 4.39 Å². The smallest absolute Gasteiger partial charge is 0.123 e. The molecular weight excluding hydrogens is 409 g/mol. The van der Waals surface area contributed by atoms with E-state index >= 15 is 0 Å². The summed E-state index contributed by atoms with van der Waals surface area (Å²) in [5.41, 5.74) is 4.00. The van der Waals surface area contributed by atoms with Crippen LogP contribution in [0.1, 0.15) is 11.1 Å². The number of rotatable bonds is 5.